The number of hydrogen-bond donors (Lipinski definition) is 1. The van der Waals surface area contributed by atoms with E-state index < -0.39 is 17.2 Å². The van der Waals surface area contributed by atoms with Crippen LogP contribution >= 0.6 is 0 Å². The van der Waals surface area contributed by atoms with Crippen LogP contribution in [0.4, 0.5) is 0 Å². The summed E-state index contributed by atoms with van der Waals surface area (Å²) < 4.78 is 29.8. The van der Waals surface area contributed by atoms with Crippen LogP contribution in [0.3, 0.4) is 0 Å². The van der Waals surface area contributed by atoms with E-state index in [2.05, 4.69) is 33.8 Å². The zero-order valence-corrected chi connectivity index (χ0v) is 20.4. The summed E-state index contributed by atoms with van der Waals surface area (Å²) >= 11 is 0. The van der Waals surface area contributed by atoms with Crippen LogP contribution in [0.5, 0.6) is 0 Å². The van der Waals surface area contributed by atoms with Gasteiger partial charge in [-0.25, -0.2) is 0 Å². The number of methoxy groups -OCH3 is 4. The number of allylic oxidation sites excluding steroid dienone is 1. The zero-order chi connectivity index (χ0) is 22.8. The number of aliphatic hydroxyl groups is 1. The maximum absolute atomic E-state index is 9.27. The summed E-state index contributed by atoms with van der Waals surface area (Å²) in [6, 6.07) is 0. The normalized spacial score (nSPS) is 24.5. The molecule has 6 heteroatoms. The molecular weight excluding hydrogens is 384 g/mol. The molecule has 1 saturated heterocycles. The van der Waals surface area contributed by atoms with Gasteiger partial charge in [0.2, 0.25) is 0 Å². The first-order valence-corrected chi connectivity index (χ1v) is 10.9. The summed E-state index contributed by atoms with van der Waals surface area (Å²) in [7, 11) is 6.78. The molecule has 0 amide bonds. The molecule has 176 valence electrons. The molecular formula is C24H44O6. The van der Waals surface area contributed by atoms with Gasteiger partial charge in [-0.15, -0.1) is 0 Å². The molecule has 0 radical (unpaired) electrons. The molecule has 6 nitrogen and oxygen atoms in total. The Bertz CT molecular complexity index is 558. The Morgan fingerprint density at radius 3 is 2.33 bits per heavy atom. The first kappa shape index (κ1) is 27.3. The molecule has 0 aromatic carbocycles. The third-order valence-electron chi connectivity index (χ3n) is 6.72. The Morgan fingerprint density at radius 1 is 1.20 bits per heavy atom. The minimum Gasteiger partial charge on any atom is -0.392 e. The lowest BCUT2D eigenvalue weighted by Gasteiger charge is -2.45. The zero-order valence-electron chi connectivity index (χ0n) is 20.4. The van der Waals surface area contributed by atoms with Crippen LogP contribution in [-0.4, -0.2) is 63.9 Å². The summed E-state index contributed by atoms with van der Waals surface area (Å²) in [5.74, 6) is -1.27. The molecule has 1 aliphatic heterocycles. The van der Waals surface area contributed by atoms with E-state index in [-0.39, 0.29) is 12.5 Å². The van der Waals surface area contributed by atoms with Gasteiger partial charge in [0.1, 0.15) is 5.60 Å². The van der Waals surface area contributed by atoms with Crippen molar-refractivity contribution in [3.05, 3.63) is 23.3 Å². The molecule has 0 bridgehead atoms. The van der Waals surface area contributed by atoms with Gasteiger partial charge in [-0.1, -0.05) is 24.6 Å². The van der Waals surface area contributed by atoms with E-state index in [9.17, 15) is 5.11 Å². The van der Waals surface area contributed by atoms with Gasteiger partial charge in [0, 0.05) is 47.2 Å². The average Bonchev–Trinajstić information content (AvgIpc) is 2.86. The third kappa shape index (κ3) is 6.38. The molecule has 0 aromatic rings. The molecule has 0 aromatic heterocycles. The van der Waals surface area contributed by atoms with Crippen molar-refractivity contribution in [3.8, 4) is 0 Å². The van der Waals surface area contributed by atoms with Crippen molar-refractivity contribution in [2.24, 2.45) is 5.92 Å². The highest BCUT2D eigenvalue weighted by Gasteiger charge is 2.51. The Hall–Kier alpha value is -0.760. The second-order valence-corrected chi connectivity index (χ2v) is 8.72. The van der Waals surface area contributed by atoms with Gasteiger partial charge in [-0.05, 0) is 52.0 Å². The maximum Gasteiger partial charge on any atom is 0.197 e. The summed E-state index contributed by atoms with van der Waals surface area (Å²) in [5, 5.41) is 9.27. The molecule has 1 unspecified atom stereocenters. The lowest BCUT2D eigenvalue weighted by Crippen LogP contribution is -2.56. The Morgan fingerprint density at radius 2 is 1.83 bits per heavy atom. The summed E-state index contributed by atoms with van der Waals surface area (Å²) in [5.41, 5.74) is 1.72. The maximum atomic E-state index is 9.27. The van der Waals surface area contributed by atoms with Crippen LogP contribution < -0.4 is 0 Å². The van der Waals surface area contributed by atoms with E-state index in [0.717, 1.165) is 31.3 Å². The van der Waals surface area contributed by atoms with Crippen LogP contribution in [0, 0.1) is 5.92 Å². The minimum absolute atomic E-state index is 0.0156. The van der Waals surface area contributed by atoms with Gasteiger partial charge in [0.05, 0.1) is 13.2 Å². The number of hydrogen-bond acceptors (Lipinski definition) is 6. The number of rotatable bonds is 12. The van der Waals surface area contributed by atoms with E-state index in [1.807, 2.05) is 6.08 Å². The molecule has 0 saturated carbocycles. The van der Waals surface area contributed by atoms with Gasteiger partial charge in [0.25, 0.3) is 0 Å². The average molecular weight is 429 g/mol. The van der Waals surface area contributed by atoms with E-state index in [1.54, 1.807) is 28.4 Å². The van der Waals surface area contributed by atoms with Crippen molar-refractivity contribution in [3.63, 3.8) is 0 Å². The summed E-state index contributed by atoms with van der Waals surface area (Å²) in [4.78, 5) is 0. The number of ether oxygens (including phenoxy) is 5. The lowest BCUT2D eigenvalue weighted by molar-refractivity contribution is -0.307. The van der Waals surface area contributed by atoms with Crippen molar-refractivity contribution < 1.29 is 28.8 Å². The summed E-state index contributed by atoms with van der Waals surface area (Å²) in [6.45, 7) is 8.89. The molecule has 0 spiro atoms. The fourth-order valence-corrected chi connectivity index (χ4v) is 4.46. The minimum atomic E-state index is -0.830. The lowest BCUT2D eigenvalue weighted by atomic mass is 9.83. The van der Waals surface area contributed by atoms with Gasteiger partial charge >= 0.3 is 0 Å². The van der Waals surface area contributed by atoms with Gasteiger partial charge < -0.3 is 28.8 Å². The highest BCUT2D eigenvalue weighted by atomic mass is 16.7. The van der Waals surface area contributed by atoms with Crippen molar-refractivity contribution in [2.75, 3.05) is 41.7 Å². The van der Waals surface area contributed by atoms with Gasteiger partial charge in [-0.3, -0.25) is 0 Å². The topological polar surface area (TPSA) is 66.4 Å². The van der Waals surface area contributed by atoms with Gasteiger partial charge in [0.15, 0.2) is 11.6 Å². The van der Waals surface area contributed by atoms with E-state index in [4.69, 9.17) is 23.7 Å². The first-order valence-electron chi connectivity index (χ1n) is 10.9. The van der Waals surface area contributed by atoms with Crippen LogP contribution in [0.15, 0.2) is 23.3 Å². The Kier molecular flexibility index (Phi) is 11.2. The molecule has 2 atom stereocenters. The summed E-state index contributed by atoms with van der Waals surface area (Å²) in [6.07, 6.45) is 8.75. The van der Waals surface area contributed by atoms with Crippen LogP contribution in [0.1, 0.15) is 66.2 Å². The predicted octanol–water partition coefficient (Wildman–Crippen LogP) is 4.62. The standard InChI is InChI=1S/C24H44O6/c1-19(2)11-15-23(26-5,27-6)20(3)10-9-14-22(4)24(28-7,29-8)16-12-21(13-17-25)18-30-22/h11,13,20,25H,9-10,12,14-18H2,1-8H3/t20?,22-/m0/s1. The first-order chi connectivity index (χ1) is 14.2. The second kappa shape index (κ2) is 12.3. The highest BCUT2D eigenvalue weighted by Crippen LogP contribution is 2.42. The highest BCUT2D eigenvalue weighted by molar-refractivity contribution is 5.09. The van der Waals surface area contributed by atoms with Crippen molar-refractivity contribution >= 4 is 0 Å². The largest absolute Gasteiger partial charge is 0.392 e. The fourth-order valence-electron chi connectivity index (χ4n) is 4.46. The smallest absolute Gasteiger partial charge is 0.197 e. The van der Waals surface area contributed by atoms with Crippen LogP contribution in [-0.2, 0) is 23.7 Å². The molecule has 1 N–H and O–H groups in total. The molecule has 1 fully saturated rings. The second-order valence-electron chi connectivity index (χ2n) is 8.72. The van der Waals surface area contributed by atoms with Crippen LogP contribution in [0.25, 0.3) is 0 Å². The van der Waals surface area contributed by atoms with E-state index >= 15 is 0 Å². The van der Waals surface area contributed by atoms with Crippen molar-refractivity contribution in [1.29, 1.82) is 0 Å². The molecule has 1 aliphatic rings. The van der Waals surface area contributed by atoms with Crippen molar-refractivity contribution in [1.82, 2.24) is 0 Å². The third-order valence-corrected chi connectivity index (χ3v) is 6.72. The monoisotopic (exact) mass is 428 g/mol. The van der Waals surface area contributed by atoms with Crippen molar-refractivity contribution in [2.45, 2.75) is 83.4 Å². The predicted molar refractivity (Wildman–Crippen MR) is 119 cm³/mol. The number of aliphatic hydroxyl groups excluding tert-OH is 1. The molecule has 1 heterocycles. The van der Waals surface area contributed by atoms with E-state index in [0.29, 0.717) is 19.4 Å². The van der Waals surface area contributed by atoms with Crippen LogP contribution in [0.2, 0.25) is 0 Å². The SMILES string of the molecule is COC(CC=C(C)C)(OC)C(C)CCC[C@]1(C)OCC(=CCO)CCC1(OC)OC. The molecule has 0 aliphatic carbocycles. The van der Waals surface area contributed by atoms with Gasteiger partial charge in [-0.2, -0.15) is 0 Å². The molecule has 30 heavy (non-hydrogen) atoms. The quantitative estimate of drug-likeness (QED) is 0.362. The molecule has 1 rings (SSSR count). The Labute approximate surface area is 183 Å². The Balaban J connectivity index is 2.92. The fraction of sp³-hybridized carbons (Fsp3) is 0.833. The van der Waals surface area contributed by atoms with E-state index in [1.165, 1.54) is 5.57 Å².